The first kappa shape index (κ1) is 18.4. The van der Waals surface area contributed by atoms with E-state index in [4.69, 9.17) is 4.74 Å². The third-order valence-corrected chi connectivity index (χ3v) is 3.86. The van der Waals surface area contributed by atoms with Gasteiger partial charge in [0.25, 0.3) is 0 Å². The molecule has 0 saturated carbocycles. The topological polar surface area (TPSA) is 53.0 Å². The molecular weight excluding hydrogens is 316 g/mol. The lowest BCUT2D eigenvalue weighted by Crippen LogP contribution is -2.14. The highest BCUT2D eigenvalue weighted by molar-refractivity contribution is 6.08. The Labute approximate surface area is 148 Å². The Hall–Kier alpha value is -2.95. The molecule has 0 aliphatic rings. The average molecular weight is 340 g/mol. The van der Waals surface area contributed by atoms with E-state index in [-0.39, 0.29) is 11.5 Å². The quantitative estimate of drug-likeness (QED) is 0.645. The fourth-order valence-electron chi connectivity index (χ4n) is 2.41. The fraction of sp³-hybridized carbons (Fsp3) is 0.250. The van der Waals surface area contributed by atoms with Gasteiger partial charge in [0.05, 0.1) is 18.5 Å². The van der Waals surface area contributed by atoms with Gasteiger partial charge < -0.3 is 19.6 Å². The second kappa shape index (κ2) is 7.75. The summed E-state index contributed by atoms with van der Waals surface area (Å²) < 4.78 is 5.12. The predicted octanol–water partition coefficient (Wildman–Crippen LogP) is 3.43. The van der Waals surface area contributed by atoms with Gasteiger partial charge in [0.15, 0.2) is 11.5 Å². The largest absolute Gasteiger partial charge is 0.504 e. The van der Waals surface area contributed by atoms with Gasteiger partial charge in [-0.3, -0.25) is 4.79 Å². The van der Waals surface area contributed by atoms with Crippen molar-refractivity contribution in [2.75, 3.05) is 45.1 Å². The minimum absolute atomic E-state index is 0.123. The molecule has 1 N–H and O–H groups in total. The molecule has 0 spiro atoms. The standard InChI is InChI=1S/C20H24N2O3/c1-21(2)17-12-15(13-18(20(17)24)22(3)4)19(23)11-8-14-6-9-16(25-5)10-7-14/h6-13,24H,1-5H3/b11-8+. The first-order valence-corrected chi connectivity index (χ1v) is 7.91. The number of allylic oxidation sites excluding steroid dienone is 1. The third-order valence-electron chi connectivity index (χ3n) is 3.86. The summed E-state index contributed by atoms with van der Waals surface area (Å²) in [4.78, 5) is 16.1. The highest BCUT2D eigenvalue weighted by Crippen LogP contribution is 2.37. The average Bonchev–Trinajstić information content (AvgIpc) is 2.59. The third kappa shape index (κ3) is 4.32. The number of carbonyl (C=O) groups is 1. The maximum atomic E-state index is 12.6. The first-order chi connectivity index (χ1) is 11.8. The molecular formula is C20H24N2O3. The summed E-state index contributed by atoms with van der Waals surface area (Å²) in [6.07, 6.45) is 3.30. The molecule has 0 heterocycles. The molecule has 132 valence electrons. The van der Waals surface area contributed by atoms with Crippen LogP contribution in [0, 0.1) is 0 Å². The Kier molecular flexibility index (Phi) is 5.70. The zero-order valence-corrected chi connectivity index (χ0v) is 15.3. The van der Waals surface area contributed by atoms with Crippen LogP contribution in [0.4, 0.5) is 11.4 Å². The smallest absolute Gasteiger partial charge is 0.186 e. The van der Waals surface area contributed by atoms with Crippen LogP contribution in [-0.4, -0.2) is 46.2 Å². The van der Waals surface area contributed by atoms with Crippen molar-refractivity contribution < 1.29 is 14.6 Å². The van der Waals surface area contributed by atoms with Crippen molar-refractivity contribution >= 4 is 23.2 Å². The molecule has 0 aromatic heterocycles. The van der Waals surface area contributed by atoms with Crippen LogP contribution in [0.2, 0.25) is 0 Å². The second-order valence-corrected chi connectivity index (χ2v) is 6.12. The monoisotopic (exact) mass is 340 g/mol. The second-order valence-electron chi connectivity index (χ2n) is 6.12. The summed E-state index contributed by atoms with van der Waals surface area (Å²) in [6, 6.07) is 10.9. The number of carbonyl (C=O) groups excluding carboxylic acids is 1. The Morgan fingerprint density at radius 2 is 1.52 bits per heavy atom. The number of nitrogens with zero attached hydrogens (tertiary/aromatic N) is 2. The molecule has 5 nitrogen and oxygen atoms in total. The number of methoxy groups -OCH3 is 1. The molecule has 2 rings (SSSR count). The van der Waals surface area contributed by atoms with Gasteiger partial charge in [-0.15, -0.1) is 0 Å². The Morgan fingerprint density at radius 3 is 1.96 bits per heavy atom. The summed E-state index contributed by atoms with van der Waals surface area (Å²) in [5.74, 6) is 0.806. The lowest BCUT2D eigenvalue weighted by molar-refractivity contribution is 0.104. The first-order valence-electron chi connectivity index (χ1n) is 7.91. The summed E-state index contributed by atoms with van der Waals surface area (Å²) in [6.45, 7) is 0. The molecule has 0 bridgehead atoms. The number of hydrogen-bond acceptors (Lipinski definition) is 5. The van der Waals surface area contributed by atoms with Gasteiger partial charge in [0.2, 0.25) is 0 Å². The van der Waals surface area contributed by atoms with Crippen molar-refractivity contribution in [3.8, 4) is 11.5 Å². The van der Waals surface area contributed by atoms with Crippen molar-refractivity contribution in [3.05, 3.63) is 53.6 Å². The van der Waals surface area contributed by atoms with Crippen LogP contribution in [-0.2, 0) is 0 Å². The number of aromatic hydroxyl groups is 1. The van der Waals surface area contributed by atoms with Crippen LogP contribution in [0.1, 0.15) is 15.9 Å². The lowest BCUT2D eigenvalue weighted by Gasteiger charge is -2.21. The van der Waals surface area contributed by atoms with Crippen molar-refractivity contribution in [2.24, 2.45) is 0 Å². The maximum Gasteiger partial charge on any atom is 0.186 e. The van der Waals surface area contributed by atoms with E-state index >= 15 is 0 Å². The molecule has 0 atom stereocenters. The Bertz CT molecular complexity index is 749. The van der Waals surface area contributed by atoms with Crippen LogP contribution in [0.3, 0.4) is 0 Å². The minimum atomic E-state index is -0.123. The van der Waals surface area contributed by atoms with E-state index in [0.717, 1.165) is 11.3 Å². The van der Waals surface area contributed by atoms with E-state index in [1.54, 1.807) is 35.1 Å². The Balaban J connectivity index is 2.32. The van der Waals surface area contributed by atoms with Gasteiger partial charge in [-0.05, 0) is 35.9 Å². The molecule has 0 radical (unpaired) electrons. The van der Waals surface area contributed by atoms with E-state index in [1.807, 2.05) is 52.5 Å². The number of ether oxygens (including phenoxy) is 1. The summed E-state index contributed by atoms with van der Waals surface area (Å²) in [5.41, 5.74) is 2.64. The van der Waals surface area contributed by atoms with Crippen LogP contribution >= 0.6 is 0 Å². The normalized spacial score (nSPS) is 10.8. The zero-order valence-electron chi connectivity index (χ0n) is 15.3. The summed E-state index contributed by atoms with van der Waals surface area (Å²) in [5, 5.41) is 10.4. The number of rotatable bonds is 6. The molecule has 0 fully saturated rings. The van der Waals surface area contributed by atoms with Gasteiger partial charge in [-0.2, -0.15) is 0 Å². The van der Waals surface area contributed by atoms with E-state index in [0.29, 0.717) is 16.9 Å². The number of anilines is 2. The SMILES string of the molecule is COc1ccc(/C=C/C(=O)c2cc(N(C)C)c(O)c(N(C)C)c2)cc1. The van der Waals surface area contributed by atoms with Gasteiger partial charge in [0.1, 0.15) is 5.75 Å². The van der Waals surface area contributed by atoms with Gasteiger partial charge >= 0.3 is 0 Å². The number of ketones is 1. The lowest BCUT2D eigenvalue weighted by atomic mass is 10.1. The molecule has 25 heavy (non-hydrogen) atoms. The van der Waals surface area contributed by atoms with E-state index in [9.17, 15) is 9.90 Å². The molecule has 0 saturated heterocycles. The van der Waals surface area contributed by atoms with Crippen LogP contribution in [0.5, 0.6) is 11.5 Å². The number of phenolic OH excluding ortho intramolecular Hbond substituents is 1. The highest BCUT2D eigenvalue weighted by atomic mass is 16.5. The zero-order chi connectivity index (χ0) is 18.6. The highest BCUT2D eigenvalue weighted by Gasteiger charge is 2.15. The summed E-state index contributed by atoms with van der Waals surface area (Å²) >= 11 is 0. The molecule has 5 heteroatoms. The maximum absolute atomic E-state index is 12.6. The molecule has 0 aliphatic heterocycles. The fourth-order valence-corrected chi connectivity index (χ4v) is 2.41. The van der Waals surface area contributed by atoms with E-state index in [1.165, 1.54) is 6.08 Å². The molecule has 2 aromatic carbocycles. The molecule has 2 aromatic rings. The van der Waals surface area contributed by atoms with Crippen LogP contribution < -0.4 is 14.5 Å². The van der Waals surface area contributed by atoms with Crippen molar-refractivity contribution in [1.29, 1.82) is 0 Å². The summed E-state index contributed by atoms with van der Waals surface area (Å²) in [7, 11) is 8.93. The van der Waals surface area contributed by atoms with Crippen LogP contribution in [0.25, 0.3) is 6.08 Å². The number of phenols is 1. The van der Waals surface area contributed by atoms with Crippen molar-refractivity contribution in [3.63, 3.8) is 0 Å². The van der Waals surface area contributed by atoms with Gasteiger partial charge in [0, 0.05) is 33.8 Å². The predicted molar refractivity (Wildman–Crippen MR) is 103 cm³/mol. The minimum Gasteiger partial charge on any atom is -0.504 e. The molecule has 0 aliphatic carbocycles. The van der Waals surface area contributed by atoms with E-state index < -0.39 is 0 Å². The Morgan fingerprint density at radius 1 is 1.00 bits per heavy atom. The molecule has 0 amide bonds. The van der Waals surface area contributed by atoms with Crippen molar-refractivity contribution in [1.82, 2.24) is 0 Å². The van der Waals surface area contributed by atoms with Gasteiger partial charge in [-0.1, -0.05) is 18.2 Å². The number of hydrogen-bond donors (Lipinski definition) is 1. The molecule has 0 unspecified atom stereocenters. The van der Waals surface area contributed by atoms with Gasteiger partial charge in [-0.25, -0.2) is 0 Å². The van der Waals surface area contributed by atoms with E-state index in [2.05, 4.69) is 0 Å². The number of benzene rings is 2. The van der Waals surface area contributed by atoms with Crippen molar-refractivity contribution in [2.45, 2.75) is 0 Å². The van der Waals surface area contributed by atoms with Crippen LogP contribution in [0.15, 0.2) is 42.5 Å².